The first-order valence-corrected chi connectivity index (χ1v) is 6.88. The SMILES string of the molecule is O=C(/C=C(/O)c1ncn[nH]1)c1ccc(C(O)c2ccc(F)cc2)o1. The van der Waals surface area contributed by atoms with Gasteiger partial charge in [-0.15, -0.1) is 0 Å². The highest BCUT2D eigenvalue weighted by Crippen LogP contribution is 2.24. The van der Waals surface area contributed by atoms with E-state index in [1.54, 1.807) is 0 Å². The van der Waals surface area contributed by atoms with Gasteiger partial charge in [0.05, 0.1) is 0 Å². The molecule has 0 bridgehead atoms. The summed E-state index contributed by atoms with van der Waals surface area (Å²) in [5.41, 5.74) is 0.421. The Morgan fingerprint density at radius 1 is 1.25 bits per heavy atom. The summed E-state index contributed by atoms with van der Waals surface area (Å²) >= 11 is 0. The summed E-state index contributed by atoms with van der Waals surface area (Å²) in [5.74, 6) is -1.33. The Morgan fingerprint density at radius 3 is 2.67 bits per heavy atom. The molecule has 1 atom stereocenters. The number of ketones is 1. The lowest BCUT2D eigenvalue weighted by atomic mass is 10.1. The molecule has 1 unspecified atom stereocenters. The fourth-order valence-corrected chi connectivity index (χ4v) is 2.03. The topological polar surface area (TPSA) is 112 Å². The summed E-state index contributed by atoms with van der Waals surface area (Å²) in [5, 5.41) is 25.9. The summed E-state index contributed by atoms with van der Waals surface area (Å²) < 4.78 is 18.2. The molecule has 3 N–H and O–H groups in total. The molecule has 3 aromatic rings. The van der Waals surface area contributed by atoms with Crippen molar-refractivity contribution in [2.24, 2.45) is 0 Å². The number of allylic oxidation sites excluding steroid dienone is 1. The normalized spacial score (nSPS) is 13.0. The van der Waals surface area contributed by atoms with E-state index in [9.17, 15) is 19.4 Å². The van der Waals surface area contributed by atoms with Gasteiger partial charge in [0.2, 0.25) is 5.78 Å². The molecule has 0 spiro atoms. The number of halogens is 1. The van der Waals surface area contributed by atoms with Gasteiger partial charge in [0.25, 0.3) is 0 Å². The first-order valence-electron chi connectivity index (χ1n) is 6.88. The molecule has 0 radical (unpaired) electrons. The number of nitrogens with one attached hydrogen (secondary N) is 1. The summed E-state index contributed by atoms with van der Waals surface area (Å²) in [6.07, 6.45) is 0.973. The second kappa shape index (κ2) is 6.47. The van der Waals surface area contributed by atoms with Gasteiger partial charge < -0.3 is 14.6 Å². The molecule has 0 aliphatic heterocycles. The van der Waals surface area contributed by atoms with Crippen molar-refractivity contribution in [3.05, 3.63) is 77.5 Å². The molecule has 8 heteroatoms. The molecule has 0 saturated heterocycles. The number of carbonyl (C=O) groups excluding carboxylic acids is 1. The third-order valence-electron chi connectivity index (χ3n) is 3.25. The second-order valence-electron chi connectivity index (χ2n) is 4.88. The second-order valence-corrected chi connectivity index (χ2v) is 4.88. The minimum absolute atomic E-state index is 0.0430. The molecule has 0 aliphatic rings. The van der Waals surface area contributed by atoms with Crippen LogP contribution in [0.25, 0.3) is 5.76 Å². The summed E-state index contributed by atoms with van der Waals surface area (Å²) in [6.45, 7) is 0. The van der Waals surface area contributed by atoms with Crippen molar-refractivity contribution in [2.75, 3.05) is 0 Å². The number of aromatic amines is 1. The van der Waals surface area contributed by atoms with E-state index in [-0.39, 0.29) is 17.3 Å². The van der Waals surface area contributed by atoms with Crippen LogP contribution >= 0.6 is 0 Å². The predicted octanol–water partition coefficient (Wildman–Crippen LogP) is 2.40. The molecular formula is C16H12FN3O4. The van der Waals surface area contributed by atoms with E-state index in [0.29, 0.717) is 5.56 Å². The average Bonchev–Trinajstić information content (AvgIpc) is 3.26. The van der Waals surface area contributed by atoms with Crippen molar-refractivity contribution in [1.29, 1.82) is 0 Å². The number of hydrogen-bond donors (Lipinski definition) is 3. The van der Waals surface area contributed by atoms with Crippen LogP contribution in [0.2, 0.25) is 0 Å². The molecule has 3 rings (SSSR count). The predicted molar refractivity (Wildman–Crippen MR) is 80.5 cm³/mol. The number of carbonyl (C=O) groups is 1. The number of rotatable bonds is 5. The maximum absolute atomic E-state index is 12.9. The molecule has 2 heterocycles. The van der Waals surface area contributed by atoms with Crippen LogP contribution in [0.3, 0.4) is 0 Å². The Kier molecular flexibility index (Phi) is 4.21. The zero-order chi connectivity index (χ0) is 17.1. The van der Waals surface area contributed by atoms with Gasteiger partial charge in [-0.1, -0.05) is 12.1 Å². The number of benzene rings is 1. The van der Waals surface area contributed by atoms with E-state index < -0.39 is 23.5 Å². The van der Waals surface area contributed by atoms with Crippen molar-refractivity contribution in [3.63, 3.8) is 0 Å². The van der Waals surface area contributed by atoms with Crippen LogP contribution in [0.15, 0.2) is 53.2 Å². The van der Waals surface area contributed by atoms with E-state index in [1.165, 1.54) is 42.7 Å². The lowest BCUT2D eigenvalue weighted by Gasteiger charge is -2.07. The zero-order valence-electron chi connectivity index (χ0n) is 12.2. The van der Waals surface area contributed by atoms with E-state index in [4.69, 9.17) is 4.42 Å². The van der Waals surface area contributed by atoms with Crippen molar-refractivity contribution >= 4 is 11.5 Å². The number of nitrogens with zero attached hydrogens (tertiary/aromatic N) is 2. The smallest absolute Gasteiger partial charge is 0.224 e. The Bertz CT molecular complexity index is 869. The van der Waals surface area contributed by atoms with Gasteiger partial charge in [-0.2, -0.15) is 5.10 Å². The maximum Gasteiger partial charge on any atom is 0.224 e. The molecule has 7 nitrogen and oxygen atoms in total. The standard InChI is InChI=1S/C16H12FN3O4/c17-10-3-1-9(2-4-10)15(23)14-6-5-13(24-14)11(21)7-12(22)16-18-8-19-20-16/h1-8,15,22-23H,(H,18,19,20)/b12-7+. The number of furan rings is 1. The van der Waals surface area contributed by atoms with Crippen LogP contribution in [0.1, 0.15) is 33.8 Å². The number of aromatic nitrogens is 3. The fourth-order valence-electron chi connectivity index (χ4n) is 2.03. The summed E-state index contributed by atoms with van der Waals surface area (Å²) in [7, 11) is 0. The van der Waals surface area contributed by atoms with E-state index >= 15 is 0 Å². The van der Waals surface area contributed by atoms with Crippen molar-refractivity contribution in [2.45, 2.75) is 6.10 Å². The number of H-pyrrole nitrogens is 1. The molecule has 122 valence electrons. The first kappa shape index (κ1) is 15.6. The highest BCUT2D eigenvalue weighted by Gasteiger charge is 2.18. The van der Waals surface area contributed by atoms with Gasteiger partial charge in [-0.05, 0) is 29.8 Å². The van der Waals surface area contributed by atoms with Crippen LogP contribution in [-0.4, -0.2) is 31.2 Å². The van der Waals surface area contributed by atoms with Gasteiger partial charge >= 0.3 is 0 Å². The number of hydrogen-bond acceptors (Lipinski definition) is 6. The average molecular weight is 329 g/mol. The Balaban J connectivity index is 1.78. The molecule has 2 aromatic heterocycles. The zero-order valence-corrected chi connectivity index (χ0v) is 12.2. The Hall–Kier alpha value is -3.26. The van der Waals surface area contributed by atoms with Crippen LogP contribution in [0.4, 0.5) is 4.39 Å². The first-order chi connectivity index (χ1) is 11.5. The molecule has 24 heavy (non-hydrogen) atoms. The van der Waals surface area contributed by atoms with Crippen molar-refractivity contribution < 1.29 is 23.8 Å². The highest BCUT2D eigenvalue weighted by atomic mass is 19.1. The molecule has 0 aliphatic carbocycles. The van der Waals surface area contributed by atoms with Crippen LogP contribution in [0, 0.1) is 5.82 Å². The van der Waals surface area contributed by atoms with Crippen LogP contribution in [-0.2, 0) is 0 Å². The van der Waals surface area contributed by atoms with Gasteiger partial charge in [-0.25, -0.2) is 9.37 Å². The van der Waals surface area contributed by atoms with Gasteiger partial charge in [0, 0.05) is 6.08 Å². The summed E-state index contributed by atoms with van der Waals surface area (Å²) in [6, 6.07) is 8.06. The van der Waals surface area contributed by atoms with Crippen LogP contribution < -0.4 is 0 Å². The highest BCUT2D eigenvalue weighted by molar-refractivity contribution is 6.05. The molecule has 1 aromatic carbocycles. The fraction of sp³-hybridized carbons (Fsp3) is 0.0625. The van der Waals surface area contributed by atoms with E-state index in [0.717, 1.165) is 6.08 Å². The Labute approximate surface area is 135 Å². The third kappa shape index (κ3) is 3.23. The quantitative estimate of drug-likeness (QED) is 0.376. The third-order valence-corrected chi connectivity index (χ3v) is 3.25. The largest absolute Gasteiger partial charge is 0.504 e. The molecule has 0 amide bonds. The van der Waals surface area contributed by atoms with Crippen molar-refractivity contribution in [3.8, 4) is 0 Å². The van der Waals surface area contributed by atoms with Gasteiger partial charge in [-0.3, -0.25) is 9.89 Å². The minimum Gasteiger partial charge on any atom is -0.504 e. The number of aliphatic hydroxyl groups is 2. The lowest BCUT2D eigenvalue weighted by Crippen LogP contribution is -1.99. The molecule has 0 fully saturated rings. The summed E-state index contributed by atoms with van der Waals surface area (Å²) in [4.78, 5) is 15.7. The van der Waals surface area contributed by atoms with Crippen molar-refractivity contribution in [1.82, 2.24) is 15.2 Å². The van der Waals surface area contributed by atoms with Gasteiger partial charge in [0.15, 0.2) is 17.3 Å². The monoisotopic (exact) mass is 329 g/mol. The van der Waals surface area contributed by atoms with Crippen LogP contribution in [0.5, 0.6) is 0 Å². The molecule has 0 saturated carbocycles. The van der Waals surface area contributed by atoms with E-state index in [2.05, 4.69) is 15.2 Å². The van der Waals surface area contributed by atoms with Gasteiger partial charge in [0.1, 0.15) is 24.0 Å². The molecular weight excluding hydrogens is 317 g/mol. The van der Waals surface area contributed by atoms with E-state index in [1.807, 2.05) is 0 Å². The number of aliphatic hydroxyl groups excluding tert-OH is 2. The Morgan fingerprint density at radius 2 is 2.00 bits per heavy atom. The minimum atomic E-state index is -1.14. The lowest BCUT2D eigenvalue weighted by molar-refractivity contribution is 0.101. The maximum atomic E-state index is 12.9.